The molecule has 3 heterocycles. The number of fused-ring (bicyclic) bond motifs is 3. The summed E-state index contributed by atoms with van der Waals surface area (Å²) in [5, 5.41) is 6.75. The molecule has 0 aliphatic heterocycles. The van der Waals surface area contributed by atoms with Gasteiger partial charge < -0.3 is 9.47 Å². The van der Waals surface area contributed by atoms with Gasteiger partial charge in [-0.3, -0.25) is 4.57 Å². The van der Waals surface area contributed by atoms with Gasteiger partial charge in [-0.2, -0.15) is 5.10 Å². The van der Waals surface area contributed by atoms with Crippen LogP contribution in [-0.2, 0) is 13.3 Å². The number of halogens is 2. The molecule has 0 aliphatic rings. The van der Waals surface area contributed by atoms with Gasteiger partial charge in [0.05, 0.1) is 30.0 Å². The maximum absolute atomic E-state index is 14.3. The number of benzene rings is 4. The summed E-state index contributed by atoms with van der Waals surface area (Å²) in [5.41, 5.74) is 7.58. The molecule has 6 nitrogen and oxygen atoms in total. The van der Waals surface area contributed by atoms with E-state index in [0.717, 1.165) is 55.8 Å². The number of nitrogens with zero attached hydrogens (tertiary/aromatic N) is 4. The van der Waals surface area contributed by atoms with E-state index in [0.29, 0.717) is 33.8 Å². The number of methoxy groups -OCH3 is 1. The number of para-hydroxylation sites is 1. The molecule has 0 unspecified atom stereocenters. The number of rotatable bonds is 8. The second-order valence-electron chi connectivity index (χ2n) is 11.3. The Morgan fingerprint density at radius 3 is 2.22 bits per heavy atom. The van der Waals surface area contributed by atoms with Crippen LogP contribution in [0.2, 0.25) is 0 Å². The Hall–Kier alpha value is -5.50. The van der Waals surface area contributed by atoms with Crippen LogP contribution in [0, 0.1) is 20.8 Å². The van der Waals surface area contributed by atoms with Gasteiger partial charge in [-0.1, -0.05) is 24.3 Å². The molecular formula is C38H32F2N4O2. The third kappa shape index (κ3) is 4.86. The van der Waals surface area contributed by atoms with E-state index in [4.69, 9.17) is 9.47 Å². The van der Waals surface area contributed by atoms with Crippen LogP contribution < -0.4 is 9.47 Å². The van der Waals surface area contributed by atoms with Crippen molar-refractivity contribution in [1.82, 2.24) is 19.3 Å². The maximum atomic E-state index is 14.3. The Morgan fingerprint density at radius 1 is 0.717 bits per heavy atom. The van der Waals surface area contributed by atoms with Gasteiger partial charge in [0.2, 0.25) is 0 Å². The van der Waals surface area contributed by atoms with Gasteiger partial charge in [0.1, 0.15) is 36.4 Å². The lowest BCUT2D eigenvalue weighted by molar-refractivity contribution is 0.414. The second kappa shape index (κ2) is 11.8. The van der Waals surface area contributed by atoms with Crippen LogP contribution in [0.5, 0.6) is 17.2 Å². The Balaban J connectivity index is 1.26. The predicted octanol–water partition coefficient (Wildman–Crippen LogP) is 9.70. The highest BCUT2D eigenvalue weighted by Gasteiger charge is 2.21. The summed E-state index contributed by atoms with van der Waals surface area (Å²) in [6.45, 7) is 4.33. The summed E-state index contributed by atoms with van der Waals surface area (Å²) in [7, 11) is 1.64. The molecule has 0 radical (unpaired) electrons. The van der Waals surface area contributed by atoms with Crippen molar-refractivity contribution in [2.45, 2.75) is 34.1 Å². The molecule has 46 heavy (non-hydrogen) atoms. The molecular weight excluding hydrogens is 582 g/mol. The molecule has 4 aromatic carbocycles. The van der Waals surface area contributed by atoms with E-state index >= 15 is 0 Å². The van der Waals surface area contributed by atoms with Gasteiger partial charge in [0.15, 0.2) is 0 Å². The number of ether oxygens (including phenoxy) is 2. The Labute approximate surface area is 265 Å². The predicted molar refractivity (Wildman–Crippen MR) is 178 cm³/mol. The first kappa shape index (κ1) is 29.2. The van der Waals surface area contributed by atoms with E-state index in [1.807, 2.05) is 87.6 Å². The average Bonchev–Trinajstić information content (AvgIpc) is 3.70. The van der Waals surface area contributed by atoms with Gasteiger partial charge in [-0.15, -0.1) is 0 Å². The molecule has 8 heteroatoms. The molecule has 0 amide bonds. The normalized spacial score (nSPS) is 11.4. The first-order valence-electron chi connectivity index (χ1n) is 15.0. The molecule has 0 bridgehead atoms. The molecule has 0 spiro atoms. The van der Waals surface area contributed by atoms with E-state index in [9.17, 15) is 8.78 Å². The number of alkyl halides is 2. The van der Waals surface area contributed by atoms with Gasteiger partial charge in [-0.25, -0.2) is 18.4 Å². The van der Waals surface area contributed by atoms with Gasteiger partial charge in [-0.05, 0) is 90.6 Å². The molecule has 7 aromatic rings. The lowest BCUT2D eigenvalue weighted by Gasteiger charge is -2.19. The van der Waals surface area contributed by atoms with Crippen LogP contribution in [0.3, 0.4) is 0 Å². The second-order valence-corrected chi connectivity index (χ2v) is 11.3. The summed E-state index contributed by atoms with van der Waals surface area (Å²) < 4.78 is 44.2. The zero-order valence-corrected chi connectivity index (χ0v) is 26.0. The maximum Gasteiger partial charge on any atom is 0.141 e. The monoisotopic (exact) mass is 614 g/mol. The molecule has 0 N–H and O–H groups in total. The zero-order valence-electron chi connectivity index (χ0n) is 26.0. The SMILES string of the molecule is COc1ccnc(-n2c3ccccc3c3ccc(Oc4cccc(-n5cc(-c6c(CF)c(C)c(C)c(C)c6CF)cn5)c4)cc32)c1. The third-order valence-corrected chi connectivity index (χ3v) is 8.92. The van der Waals surface area contributed by atoms with Crippen molar-refractivity contribution in [2.24, 2.45) is 0 Å². The molecule has 3 aromatic heterocycles. The average molecular weight is 615 g/mol. The smallest absolute Gasteiger partial charge is 0.141 e. The third-order valence-electron chi connectivity index (χ3n) is 8.92. The number of aromatic nitrogens is 4. The van der Waals surface area contributed by atoms with Crippen LogP contribution in [0.25, 0.3) is 44.4 Å². The quantitative estimate of drug-likeness (QED) is 0.171. The summed E-state index contributed by atoms with van der Waals surface area (Å²) in [6.07, 6.45) is 5.21. The minimum Gasteiger partial charge on any atom is -0.497 e. The van der Waals surface area contributed by atoms with E-state index in [-0.39, 0.29) is 0 Å². The topological polar surface area (TPSA) is 54.1 Å². The largest absolute Gasteiger partial charge is 0.497 e. The van der Waals surface area contributed by atoms with Gasteiger partial charge in [0, 0.05) is 46.9 Å². The first-order chi connectivity index (χ1) is 22.4. The Morgan fingerprint density at radius 2 is 1.46 bits per heavy atom. The van der Waals surface area contributed by atoms with Crippen molar-refractivity contribution in [2.75, 3.05) is 7.11 Å². The molecule has 0 saturated carbocycles. The van der Waals surface area contributed by atoms with Crippen LogP contribution in [0.15, 0.2) is 97.5 Å². The molecule has 0 fully saturated rings. The highest BCUT2D eigenvalue weighted by atomic mass is 19.1. The molecule has 230 valence electrons. The molecule has 7 rings (SSSR count). The zero-order chi connectivity index (χ0) is 31.9. The van der Waals surface area contributed by atoms with E-state index < -0.39 is 13.3 Å². The molecule has 0 aliphatic carbocycles. The molecule has 0 atom stereocenters. The lowest BCUT2D eigenvalue weighted by atomic mass is 9.87. The van der Waals surface area contributed by atoms with Crippen molar-refractivity contribution < 1.29 is 18.3 Å². The summed E-state index contributed by atoms with van der Waals surface area (Å²) in [6, 6.07) is 25.5. The fourth-order valence-corrected chi connectivity index (χ4v) is 6.30. The number of pyridine rings is 1. The number of hydrogen-bond acceptors (Lipinski definition) is 4. The number of hydrogen-bond donors (Lipinski definition) is 0. The van der Waals surface area contributed by atoms with Gasteiger partial charge in [0.25, 0.3) is 0 Å². The van der Waals surface area contributed by atoms with Crippen molar-refractivity contribution >= 4 is 21.8 Å². The summed E-state index contributed by atoms with van der Waals surface area (Å²) >= 11 is 0. The van der Waals surface area contributed by atoms with E-state index in [1.165, 1.54) is 0 Å². The lowest BCUT2D eigenvalue weighted by Crippen LogP contribution is -2.03. The fraction of sp³-hybridized carbons (Fsp3) is 0.158. The van der Waals surface area contributed by atoms with Crippen LogP contribution in [-0.4, -0.2) is 26.4 Å². The van der Waals surface area contributed by atoms with Gasteiger partial charge >= 0.3 is 0 Å². The Kier molecular flexibility index (Phi) is 7.48. The molecule has 0 saturated heterocycles. The summed E-state index contributed by atoms with van der Waals surface area (Å²) in [5.74, 6) is 2.73. The van der Waals surface area contributed by atoms with Crippen LogP contribution in [0.1, 0.15) is 27.8 Å². The van der Waals surface area contributed by atoms with Crippen molar-refractivity contribution in [1.29, 1.82) is 0 Å². The standard InChI is InChI=1S/C38H32F2N4O2/c1-23-24(2)33(19-39)38(34(20-40)25(23)3)26-21-42-43(22-26)27-8-7-9-29(16-27)46-30-12-13-32-31-10-5-6-11-35(31)44(36(32)17-30)37-18-28(45-4)14-15-41-37/h5-18,21-22H,19-20H2,1-4H3. The minimum atomic E-state index is -0.680. The van der Waals surface area contributed by atoms with Crippen molar-refractivity contribution in [3.8, 4) is 39.9 Å². The minimum absolute atomic E-state index is 0.504. The van der Waals surface area contributed by atoms with Crippen molar-refractivity contribution in [3.63, 3.8) is 0 Å². The van der Waals surface area contributed by atoms with Crippen LogP contribution in [0.4, 0.5) is 8.78 Å². The Bertz CT molecular complexity index is 2220. The van der Waals surface area contributed by atoms with Crippen molar-refractivity contribution in [3.05, 3.63) is 125 Å². The fourth-order valence-electron chi connectivity index (χ4n) is 6.30. The van der Waals surface area contributed by atoms with E-state index in [2.05, 4.69) is 32.8 Å². The van der Waals surface area contributed by atoms with E-state index in [1.54, 1.807) is 24.2 Å². The summed E-state index contributed by atoms with van der Waals surface area (Å²) in [4.78, 5) is 4.64. The first-order valence-corrected chi connectivity index (χ1v) is 15.0. The highest BCUT2D eigenvalue weighted by Crippen LogP contribution is 2.38. The van der Waals surface area contributed by atoms with Crippen LogP contribution >= 0.6 is 0 Å². The highest BCUT2D eigenvalue weighted by molar-refractivity contribution is 6.09.